The maximum absolute atomic E-state index is 12.0. The van der Waals surface area contributed by atoms with Crippen LogP contribution in [0.2, 0.25) is 0 Å². The third-order valence-electron chi connectivity index (χ3n) is 3.11. The second-order valence-corrected chi connectivity index (χ2v) is 6.59. The van der Waals surface area contributed by atoms with Gasteiger partial charge in [0, 0.05) is 7.11 Å². The summed E-state index contributed by atoms with van der Waals surface area (Å²) in [6.45, 7) is 5.13. The topological polar surface area (TPSA) is 98.5 Å². The van der Waals surface area contributed by atoms with Crippen LogP contribution in [0, 0.1) is 0 Å². The van der Waals surface area contributed by atoms with Gasteiger partial charge in [0.25, 0.3) is 5.91 Å². The molecule has 0 saturated heterocycles. The lowest BCUT2D eigenvalue weighted by atomic mass is 10.1. The number of primary sulfonamides is 1. The van der Waals surface area contributed by atoms with Crippen LogP contribution in [0.5, 0.6) is 0 Å². The molecule has 0 aromatic heterocycles. The summed E-state index contributed by atoms with van der Waals surface area (Å²) < 4.78 is 27.4. The van der Waals surface area contributed by atoms with E-state index in [1.807, 2.05) is 0 Å². The van der Waals surface area contributed by atoms with Gasteiger partial charge in [0.05, 0.1) is 10.9 Å². The number of benzene rings is 1. The predicted molar refractivity (Wildman–Crippen MR) is 75.5 cm³/mol. The molecule has 7 heteroatoms. The van der Waals surface area contributed by atoms with Crippen molar-refractivity contribution in [1.29, 1.82) is 0 Å². The maximum atomic E-state index is 12.0. The average molecular weight is 300 g/mol. The number of rotatable bonds is 5. The van der Waals surface area contributed by atoms with E-state index >= 15 is 0 Å². The van der Waals surface area contributed by atoms with E-state index in [0.717, 1.165) is 5.56 Å². The summed E-state index contributed by atoms with van der Waals surface area (Å²) in [5.41, 5.74) is -0.146. The van der Waals surface area contributed by atoms with E-state index in [0.29, 0.717) is 0 Å². The number of hydrogen-bond donors (Lipinski definition) is 2. The van der Waals surface area contributed by atoms with Crippen molar-refractivity contribution < 1.29 is 17.9 Å². The molecule has 1 rings (SSSR count). The van der Waals surface area contributed by atoms with E-state index in [9.17, 15) is 13.2 Å². The number of carbonyl (C=O) groups excluding carboxylic acids is 1. The summed E-state index contributed by atoms with van der Waals surface area (Å²) in [7, 11) is -2.24. The minimum absolute atomic E-state index is 0.0389. The Morgan fingerprint density at radius 1 is 1.30 bits per heavy atom. The van der Waals surface area contributed by atoms with Crippen molar-refractivity contribution in [3.05, 3.63) is 29.8 Å². The van der Waals surface area contributed by atoms with Crippen molar-refractivity contribution >= 4 is 15.9 Å². The highest BCUT2D eigenvalue weighted by molar-refractivity contribution is 7.89. The lowest BCUT2D eigenvalue weighted by molar-refractivity contribution is -0.140. The normalized spacial score (nSPS) is 13.8. The number of sulfonamides is 1. The van der Waals surface area contributed by atoms with Crippen LogP contribution in [-0.4, -0.2) is 27.0 Å². The molecule has 1 atom stereocenters. The predicted octanol–water partition coefficient (Wildman–Crippen LogP) is 0.936. The molecule has 0 saturated carbocycles. The molecule has 1 amide bonds. The molecule has 0 radical (unpaired) electrons. The lowest BCUT2D eigenvalue weighted by Crippen LogP contribution is -2.44. The van der Waals surface area contributed by atoms with Gasteiger partial charge in [-0.2, -0.15) is 0 Å². The molecule has 0 aliphatic heterocycles. The van der Waals surface area contributed by atoms with Gasteiger partial charge in [0.2, 0.25) is 10.0 Å². The molecule has 1 aromatic rings. The molecular weight excluding hydrogens is 280 g/mol. The standard InChI is InChI=1S/C13H20N2O4S/c1-9(15-12(16)13(2,3)19-4)10-5-7-11(8-6-10)20(14,17)18/h5-9H,1-4H3,(H,15,16)(H2,14,17,18). The molecule has 112 valence electrons. The van der Waals surface area contributed by atoms with E-state index in [1.54, 1.807) is 32.9 Å². The molecule has 0 aliphatic carbocycles. The zero-order valence-electron chi connectivity index (χ0n) is 12.0. The second-order valence-electron chi connectivity index (χ2n) is 5.02. The van der Waals surface area contributed by atoms with Crippen LogP contribution < -0.4 is 10.5 Å². The quantitative estimate of drug-likeness (QED) is 0.845. The van der Waals surface area contributed by atoms with Crippen molar-refractivity contribution in [2.75, 3.05) is 7.11 Å². The molecule has 20 heavy (non-hydrogen) atoms. The summed E-state index contributed by atoms with van der Waals surface area (Å²) in [5.74, 6) is -0.247. The molecule has 6 nitrogen and oxygen atoms in total. The highest BCUT2D eigenvalue weighted by atomic mass is 32.2. The first-order chi connectivity index (χ1) is 9.08. The van der Waals surface area contributed by atoms with Crippen LogP contribution in [-0.2, 0) is 19.6 Å². The molecule has 0 fully saturated rings. The van der Waals surface area contributed by atoms with E-state index in [2.05, 4.69) is 5.32 Å². The number of carbonyl (C=O) groups is 1. The SMILES string of the molecule is COC(C)(C)C(=O)NC(C)c1ccc(S(N)(=O)=O)cc1. The molecular formula is C13H20N2O4S. The van der Waals surface area contributed by atoms with Gasteiger partial charge in [0.15, 0.2) is 0 Å². The van der Waals surface area contributed by atoms with Crippen LogP contribution in [0.25, 0.3) is 0 Å². The van der Waals surface area contributed by atoms with E-state index in [1.165, 1.54) is 19.2 Å². The monoisotopic (exact) mass is 300 g/mol. The fourth-order valence-corrected chi connectivity index (χ4v) is 2.01. The fourth-order valence-electron chi connectivity index (χ4n) is 1.49. The number of methoxy groups -OCH3 is 1. The first kappa shape index (κ1) is 16.6. The highest BCUT2D eigenvalue weighted by Crippen LogP contribution is 2.17. The van der Waals surface area contributed by atoms with E-state index < -0.39 is 15.6 Å². The molecule has 1 aromatic carbocycles. The Labute approximate surface area is 119 Å². The van der Waals surface area contributed by atoms with Crippen molar-refractivity contribution in [2.24, 2.45) is 5.14 Å². The smallest absolute Gasteiger partial charge is 0.252 e. The van der Waals surface area contributed by atoms with Crippen LogP contribution >= 0.6 is 0 Å². The number of hydrogen-bond acceptors (Lipinski definition) is 4. The third kappa shape index (κ3) is 4.03. The Morgan fingerprint density at radius 3 is 2.20 bits per heavy atom. The van der Waals surface area contributed by atoms with Crippen molar-refractivity contribution in [2.45, 2.75) is 37.3 Å². The van der Waals surface area contributed by atoms with Crippen LogP contribution in [0.15, 0.2) is 29.2 Å². The molecule has 0 aliphatic rings. The molecule has 0 heterocycles. The van der Waals surface area contributed by atoms with Gasteiger partial charge < -0.3 is 10.1 Å². The Morgan fingerprint density at radius 2 is 1.80 bits per heavy atom. The van der Waals surface area contributed by atoms with Gasteiger partial charge >= 0.3 is 0 Å². The summed E-state index contributed by atoms with van der Waals surface area (Å²) in [6.07, 6.45) is 0. The molecule has 3 N–H and O–H groups in total. The second kappa shape index (κ2) is 5.90. The first-order valence-corrected chi connectivity index (χ1v) is 7.61. The Balaban J connectivity index is 2.84. The Hall–Kier alpha value is -1.44. The van der Waals surface area contributed by atoms with Crippen molar-refractivity contribution in [1.82, 2.24) is 5.32 Å². The highest BCUT2D eigenvalue weighted by Gasteiger charge is 2.28. The van der Waals surface area contributed by atoms with Crippen molar-refractivity contribution in [3.63, 3.8) is 0 Å². The van der Waals surface area contributed by atoms with Gasteiger partial charge in [-0.3, -0.25) is 4.79 Å². The molecule has 0 bridgehead atoms. The van der Waals surface area contributed by atoms with Crippen LogP contribution in [0.1, 0.15) is 32.4 Å². The van der Waals surface area contributed by atoms with Gasteiger partial charge in [-0.1, -0.05) is 12.1 Å². The number of amides is 1. The number of nitrogens with one attached hydrogen (secondary N) is 1. The van der Waals surface area contributed by atoms with Gasteiger partial charge in [-0.25, -0.2) is 13.6 Å². The zero-order valence-corrected chi connectivity index (χ0v) is 12.8. The summed E-state index contributed by atoms with van der Waals surface area (Å²) in [5, 5.41) is 7.83. The summed E-state index contributed by atoms with van der Waals surface area (Å²) in [4.78, 5) is 12.0. The summed E-state index contributed by atoms with van der Waals surface area (Å²) >= 11 is 0. The van der Waals surface area contributed by atoms with Crippen molar-refractivity contribution in [3.8, 4) is 0 Å². The Kier molecular flexibility index (Phi) is 4.90. The van der Waals surface area contributed by atoms with Gasteiger partial charge in [-0.05, 0) is 38.5 Å². The number of ether oxygens (including phenoxy) is 1. The lowest BCUT2D eigenvalue weighted by Gasteiger charge is -2.24. The summed E-state index contributed by atoms with van der Waals surface area (Å²) in [6, 6.07) is 5.78. The molecule has 1 unspecified atom stereocenters. The fraction of sp³-hybridized carbons (Fsp3) is 0.462. The third-order valence-corrected chi connectivity index (χ3v) is 4.04. The number of nitrogens with two attached hydrogens (primary N) is 1. The van der Waals surface area contributed by atoms with Gasteiger partial charge in [-0.15, -0.1) is 0 Å². The van der Waals surface area contributed by atoms with E-state index in [-0.39, 0.29) is 16.8 Å². The Bertz CT molecular complexity index is 579. The largest absolute Gasteiger partial charge is 0.369 e. The van der Waals surface area contributed by atoms with Gasteiger partial charge in [0.1, 0.15) is 5.60 Å². The maximum Gasteiger partial charge on any atom is 0.252 e. The molecule has 0 spiro atoms. The first-order valence-electron chi connectivity index (χ1n) is 6.07. The average Bonchev–Trinajstić information content (AvgIpc) is 2.37. The minimum atomic E-state index is -3.70. The van der Waals surface area contributed by atoms with Crippen LogP contribution in [0.3, 0.4) is 0 Å². The zero-order chi connectivity index (χ0) is 15.6. The van der Waals surface area contributed by atoms with Crippen LogP contribution in [0.4, 0.5) is 0 Å². The van der Waals surface area contributed by atoms with E-state index in [4.69, 9.17) is 9.88 Å². The minimum Gasteiger partial charge on any atom is -0.369 e.